The second kappa shape index (κ2) is 6.14. The van der Waals surface area contributed by atoms with Gasteiger partial charge in [0, 0.05) is 38.1 Å². The molecule has 1 aliphatic heterocycles. The summed E-state index contributed by atoms with van der Waals surface area (Å²) in [7, 11) is 0. The highest BCUT2D eigenvalue weighted by Gasteiger charge is 2.18. The Balaban J connectivity index is 1.67. The molecule has 0 amide bonds. The van der Waals surface area contributed by atoms with E-state index in [2.05, 4.69) is 39.0 Å². The van der Waals surface area contributed by atoms with Crippen LogP contribution in [0.1, 0.15) is 18.6 Å². The second-order valence-corrected chi connectivity index (χ2v) is 5.43. The zero-order chi connectivity index (χ0) is 14.7. The molecule has 1 fully saturated rings. The van der Waals surface area contributed by atoms with Crippen LogP contribution in [0.4, 0.5) is 11.5 Å². The lowest BCUT2D eigenvalue weighted by atomic mass is 10.1. The summed E-state index contributed by atoms with van der Waals surface area (Å²) in [6, 6.07) is 14.4. The van der Waals surface area contributed by atoms with E-state index in [-0.39, 0.29) is 0 Å². The van der Waals surface area contributed by atoms with E-state index in [1.54, 1.807) is 13.1 Å². The number of pyridine rings is 1. The Kier molecular flexibility index (Phi) is 4.06. The smallest absolute Gasteiger partial charge is 0.128 e. The third-order valence-corrected chi connectivity index (χ3v) is 3.98. The second-order valence-electron chi connectivity index (χ2n) is 5.43. The Morgan fingerprint density at radius 1 is 1.00 bits per heavy atom. The van der Waals surface area contributed by atoms with Crippen LogP contribution in [-0.4, -0.2) is 36.3 Å². The number of benzene rings is 1. The number of aliphatic hydroxyl groups excluding tert-OH is 1. The van der Waals surface area contributed by atoms with Crippen LogP contribution in [0.5, 0.6) is 0 Å². The van der Waals surface area contributed by atoms with Gasteiger partial charge in [0.1, 0.15) is 5.82 Å². The van der Waals surface area contributed by atoms with Gasteiger partial charge in [0.15, 0.2) is 0 Å². The fourth-order valence-electron chi connectivity index (χ4n) is 2.70. The molecular weight excluding hydrogens is 262 g/mol. The summed E-state index contributed by atoms with van der Waals surface area (Å²) < 4.78 is 0. The lowest BCUT2D eigenvalue weighted by Gasteiger charge is -2.36. The van der Waals surface area contributed by atoms with Gasteiger partial charge in [0.05, 0.1) is 6.10 Å². The van der Waals surface area contributed by atoms with Crippen molar-refractivity contribution in [1.82, 2.24) is 4.98 Å². The molecule has 1 atom stereocenters. The minimum atomic E-state index is -0.447. The van der Waals surface area contributed by atoms with Crippen molar-refractivity contribution in [2.75, 3.05) is 36.0 Å². The summed E-state index contributed by atoms with van der Waals surface area (Å²) in [6.45, 7) is 5.66. The van der Waals surface area contributed by atoms with Crippen LogP contribution >= 0.6 is 0 Å². The molecule has 21 heavy (non-hydrogen) atoms. The molecule has 2 heterocycles. The highest BCUT2D eigenvalue weighted by molar-refractivity contribution is 5.49. The Morgan fingerprint density at radius 2 is 1.67 bits per heavy atom. The Labute approximate surface area is 125 Å². The van der Waals surface area contributed by atoms with E-state index < -0.39 is 6.10 Å². The van der Waals surface area contributed by atoms with E-state index in [1.807, 2.05) is 18.2 Å². The highest BCUT2D eigenvalue weighted by Crippen LogP contribution is 2.21. The summed E-state index contributed by atoms with van der Waals surface area (Å²) in [5.74, 6) is 0.959. The average Bonchev–Trinajstić information content (AvgIpc) is 2.56. The summed E-state index contributed by atoms with van der Waals surface area (Å²) >= 11 is 0. The highest BCUT2D eigenvalue weighted by atomic mass is 16.3. The molecule has 0 bridgehead atoms. The van der Waals surface area contributed by atoms with E-state index in [0.29, 0.717) is 0 Å². The van der Waals surface area contributed by atoms with Crippen LogP contribution in [-0.2, 0) is 0 Å². The predicted octanol–water partition coefficient (Wildman–Crippen LogP) is 2.46. The molecule has 3 rings (SSSR count). The molecule has 0 aliphatic carbocycles. The van der Waals surface area contributed by atoms with E-state index in [4.69, 9.17) is 0 Å². The van der Waals surface area contributed by atoms with E-state index >= 15 is 0 Å². The van der Waals surface area contributed by atoms with Gasteiger partial charge in [-0.3, -0.25) is 0 Å². The zero-order valence-electron chi connectivity index (χ0n) is 12.3. The molecule has 1 unspecified atom stereocenters. The molecule has 1 aromatic heterocycles. The van der Waals surface area contributed by atoms with Gasteiger partial charge in [0.25, 0.3) is 0 Å². The molecule has 110 valence electrons. The molecule has 4 heteroatoms. The first-order valence-corrected chi connectivity index (χ1v) is 7.43. The van der Waals surface area contributed by atoms with Crippen molar-refractivity contribution in [3.63, 3.8) is 0 Å². The molecule has 0 spiro atoms. The number of rotatable bonds is 3. The minimum Gasteiger partial charge on any atom is -0.389 e. The first-order valence-electron chi connectivity index (χ1n) is 7.43. The van der Waals surface area contributed by atoms with Crippen LogP contribution in [0.3, 0.4) is 0 Å². The fraction of sp³-hybridized carbons (Fsp3) is 0.353. The van der Waals surface area contributed by atoms with Gasteiger partial charge in [-0.2, -0.15) is 0 Å². The molecule has 1 N–H and O–H groups in total. The van der Waals surface area contributed by atoms with Crippen molar-refractivity contribution in [2.24, 2.45) is 0 Å². The Bertz CT molecular complexity index is 578. The van der Waals surface area contributed by atoms with Gasteiger partial charge in [-0.25, -0.2) is 4.98 Å². The van der Waals surface area contributed by atoms with E-state index in [1.165, 1.54) is 5.69 Å². The lowest BCUT2D eigenvalue weighted by molar-refractivity contribution is 0.199. The van der Waals surface area contributed by atoms with Crippen molar-refractivity contribution in [3.8, 4) is 0 Å². The quantitative estimate of drug-likeness (QED) is 0.939. The molecule has 1 aromatic carbocycles. The fourth-order valence-corrected chi connectivity index (χ4v) is 2.70. The number of piperazine rings is 1. The van der Waals surface area contributed by atoms with Crippen molar-refractivity contribution in [1.29, 1.82) is 0 Å². The number of para-hydroxylation sites is 1. The number of aromatic nitrogens is 1. The van der Waals surface area contributed by atoms with Crippen molar-refractivity contribution >= 4 is 11.5 Å². The number of nitrogens with zero attached hydrogens (tertiary/aromatic N) is 3. The van der Waals surface area contributed by atoms with Crippen LogP contribution in [0.25, 0.3) is 0 Å². The summed E-state index contributed by atoms with van der Waals surface area (Å²) in [6.07, 6.45) is 1.33. The topological polar surface area (TPSA) is 39.6 Å². The molecular formula is C17H21N3O. The third-order valence-electron chi connectivity index (χ3n) is 3.98. The van der Waals surface area contributed by atoms with Gasteiger partial charge in [-0.15, -0.1) is 0 Å². The maximum Gasteiger partial charge on any atom is 0.128 e. The Morgan fingerprint density at radius 3 is 2.33 bits per heavy atom. The van der Waals surface area contributed by atoms with Gasteiger partial charge < -0.3 is 14.9 Å². The number of anilines is 2. The average molecular weight is 283 g/mol. The molecule has 2 aromatic rings. The molecule has 1 aliphatic rings. The van der Waals surface area contributed by atoms with Gasteiger partial charge in [-0.05, 0) is 36.8 Å². The van der Waals surface area contributed by atoms with E-state index in [0.717, 1.165) is 37.6 Å². The van der Waals surface area contributed by atoms with Crippen molar-refractivity contribution in [2.45, 2.75) is 13.0 Å². The summed E-state index contributed by atoms with van der Waals surface area (Å²) in [5.41, 5.74) is 2.20. The molecule has 4 nitrogen and oxygen atoms in total. The first-order chi connectivity index (χ1) is 10.2. The number of aliphatic hydroxyl groups is 1. The van der Waals surface area contributed by atoms with Crippen molar-refractivity contribution < 1.29 is 5.11 Å². The normalized spacial score (nSPS) is 16.9. The Hall–Kier alpha value is -2.07. The van der Waals surface area contributed by atoms with Gasteiger partial charge >= 0.3 is 0 Å². The van der Waals surface area contributed by atoms with Crippen LogP contribution < -0.4 is 9.80 Å². The maximum absolute atomic E-state index is 9.68. The zero-order valence-corrected chi connectivity index (χ0v) is 12.3. The van der Waals surface area contributed by atoms with Crippen LogP contribution in [0.15, 0.2) is 48.7 Å². The monoisotopic (exact) mass is 283 g/mol. The van der Waals surface area contributed by atoms with Crippen LogP contribution in [0.2, 0.25) is 0 Å². The van der Waals surface area contributed by atoms with Gasteiger partial charge in [0.2, 0.25) is 0 Å². The number of hydrogen-bond acceptors (Lipinski definition) is 4. The summed E-state index contributed by atoms with van der Waals surface area (Å²) in [5, 5.41) is 9.68. The van der Waals surface area contributed by atoms with E-state index in [9.17, 15) is 5.11 Å². The minimum absolute atomic E-state index is 0.447. The molecule has 0 saturated carbocycles. The SMILES string of the molecule is CC(O)c1ccnc(N2CCN(c3ccccc3)CC2)c1. The lowest BCUT2D eigenvalue weighted by Crippen LogP contribution is -2.46. The largest absolute Gasteiger partial charge is 0.389 e. The standard InChI is InChI=1S/C17H21N3O/c1-14(21)15-7-8-18-17(13-15)20-11-9-19(10-12-20)16-5-3-2-4-6-16/h2-8,13-14,21H,9-12H2,1H3. The third kappa shape index (κ3) is 3.16. The molecule has 1 saturated heterocycles. The maximum atomic E-state index is 9.68. The molecule has 0 radical (unpaired) electrons. The first kappa shape index (κ1) is 13.9. The van der Waals surface area contributed by atoms with Crippen molar-refractivity contribution in [3.05, 3.63) is 54.2 Å². The summed E-state index contributed by atoms with van der Waals surface area (Å²) in [4.78, 5) is 9.12. The predicted molar refractivity (Wildman–Crippen MR) is 85.7 cm³/mol. The van der Waals surface area contributed by atoms with Gasteiger partial charge in [-0.1, -0.05) is 18.2 Å². The number of hydrogen-bond donors (Lipinski definition) is 1. The van der Waals surface area contributed by atoms with Crippen LogP contribution in [0, 0.1) is 0 Å².